The van der Waals surface area contributed by atoms with E-state index in [-0.39, 0.29) is 29.5 Å². The molecule has 0 unspecified atom stereocenters. The van der Waals surface area contributed by atoms with Gasteiger partial charge in [-0.15, -0.1) is 5.10 Å². The summed E-state index contributed by atoms with van der Waals surface area (Å²) < 4.78 is 9.88. The highest BCUT2D eigenvalue weighted by atomic mass is 16.5. The summed E-state index contributed by atoms with van der Waals surface area (Å²) >= 11 is 0. The number of carbonyl (C=O) groups is 1. The number of carbonyl (C=O) groups excluding carboxylic acids is 1. The highest BCUT2D eigenvalue weighted by Gasteiger charge is 2.22. The zero-order valence-electron chi connectivity index (χ0n) is 10.5. The Labute approximate surface area is 109 Å². The Morgan fingerprint density at radius 1 is 1.42 bits per heavy atom. The Balaban J connectivity index is 2.49. The molecule has 0 aliphatic rings. The monoisotopic (exact) mass is 263 g/mol. The normalized spacial score (nSPS) is 10.2. The molecule has 1 aromatic heterocycles. The molecule has 2 rings (SSSR count). The highest BCUT2D eigenvalue weighted by Crippen LogP contribution is 2.36. The van der Waals surface area contributed by atoms with Crippen LogP contribution in [0.3, 0.4) is 0 Å². The van der Waals surface area contributed by atoms with E-state index >= 15 is 0 Å². The van der Waals surface area contributed by atoms with E-state index in [0.717, 1.165) is 0 Å². The van der Waals surface area contributed by atoms with Crippen LogP contribution >= 0.6 is 0 Å². The van der Waals surface area contributed by atoms with Gasteiger partial charge in [-0.2, -0.15) is 10.3 Å². The van der Waals surface area contributed by atoms with E-state index in [4.69, 9.17) is 9.47 Å². The second-order valence-corrected chi connectivity index (χ2v) is 3.60. The van der Waals surface area contributed by atoms with Gasteiger partial charge in [0.15, 0.2) is 17.2 Å². The van der Waals surface area contributed by atoms with E-state index in [1.807, 2.05) is 0 Å². The van der Waals surface area contributed by atoms with E-state index in [1.54, 1.807) is 25.1 Å². The first-order valence-electron chi connectivity index (χ1n) is 5.63. The minimum Gasteiger partial charge on any atom is -0.504 e. The van der Waals surface area contributed by atoms with Crippen LogP contribution in [0.5, 0.6) is 11.5 Å². The second-order valence-electron chi connectivity index (χ2n) is 3.60. The van der Waals surface area contributed by atoms with E-state index in [9.17, 15) is 9.90 Å². The molecule has 7 heteroatoms. The molecule has 2 N–H and O–H groups in total. The number of nitrogens with one attached hydrogen (secondary N) is 1. The van der Waals surface area contributed by atoms with Crippen LogP contribution in [0.2, 0.25) is 0 Å². The van der Waals surface area contributed by atoms with Crippen molar-refractivity contribution < 1.29 is 19.4 Å². The van der Waals surface area contributed by atoms with Gasteiger partial charge in [0.1, 0.15) is 5.69 Å². The lowest BCUT2D eigenvalue weighted by Gasteiger charge is -2.07. The largest absolute Gasteiger partial charge is 0.504 e. The number of para-hydroxylation sites is 1. The van der Waals surface area contributed by atoms with Crippen LogP contribution in [0.1, 0.15) is 17.4 Å². The number of benzene rings is 1. The van der Waals surface area contributed by atoms with Crippen molar-refractivity contribution in [2.75, 3.05) is 13.7 Å². The first-order valence-corrected chi connectivity index (χ1v) is 5.63. The molecule has 0 aliphatic carbocycles. The smallest absolute Gasteiger partial charge is 0.361 e. The van der Waals surface area contributed by atoms with Crippen molar-refractivity contribution in [1.82, 2.24) is 15.4 Å². The lowest BCUT2D eigenvalue weighted by Crippen LogP contribution is -2.06. The summed E-state index contributed by atoms with van der Waals surface area (Å²) in [5.74, 6) is -0.423. The highest BCUT2D eigenvalue weighted by molar-refractivity contribution is 5.95. The minimum atomic E-state index is -0.603. The standard InChI is InChI=1S/C12H13N3O4/c1-3-19-12(17)10-9(13-15-14-10)7-5-4-6-8(18-2)11(7)16/h4-6,16H,3H2,1-2H3,(H,13,14,15). The molecule has 0 saturated carbocycles. The van der Waals surface area contributed by atoms with Crippen molar-refractivity contribution in [2.24, 2.45) is 0 Å². The first-order chi connectivity index (χ1) is 9.19. The number of esters is 1. The van der Waals surface area contributed by atoms with Crippen LogP contribution < -0.4 is 4.74 Å². The van der Waals surface area contributed by atoms with E-state index in [0.29, 0.717) is 5.56 Å². The number of aromatic hydroxyl groups is 1. The molecule has 19 heavy (non-hydrogen) atoms. The van der Waals surface area contributed by atoms with E-state index < -0.39 is 5.97 Å². The Morgan fingerprint density at radius 2 is 2.21 bits per heavy atom. The number of ether oxygens (including phenoxy) is 2. The maximum atomic E-state index is 11.7. The quantitative estimate of drug-likeness (QED) is 0.808. The lowest BCUT2D eigenvalue weighted by molar-refractivity contribution is 0.0520. The van der Waals surface area contributed by atoms with Crippen molar-refractivity contribution in [2.45, 2.75) is 6.92 Å². The Bertz CT molecular complexity index is 594. The van der Waals surface area contributed by atoms with Gasteiger partial charge < -0.3 is 14.6 Å². The number of hydrogen-bond donors (Lipinski definition) is 2. The first kappa shape index (κ1) is 12.9. The molecule has 0 saturated heterocycles. The number of H-pyrrole nitrogens is 1. The van der Waals surface area contributed by atoms with Gasteiger partial charge in [0.25, 0.3) is 0 Å². The Kier molecular flexibility index (Phi) is 3.65. The third-order valence-electron chi connectivity index (χ3n) is 2.49. The van der Waals surface area contributed by atoms with Crippen molar-refractivity contribution in [3.05, 3.63) is 23.9 Å². The zero-order valence-corrected chi connectivity index (χ0v) is 10.5. The van der Waals surface area contributed by atoms with Crippen LogP contribution in [0, 0.1) is 0 Å². The summed E-state index contributed by atoms with van der Waals surface area (Å²) in [7, 11) is 1.44. The van der Waals surface area contributed by atoms with Crippen molar-refractivity contribution in [1.29, 1.82) is 0 Å². The van der Waals surface area contributed by atoms with Gasteiger partial charge in [0, 0.05) is 0 Å². The molecular formula is C12H13N3O4. The topological polar surface area (TPSA) is 97.3 Å². The van der Waals surface area contributed by atoms with Crippen LogP contribution in [0.4, 0.5) is 0 Å². The fourth-order valence-electron chi connectivity index (χ4n) is 1.64. The van der Waals surface area contributed by atoms with Gasteiger partial charge in [0.2, 0.25) is 0 Å². The Hall–Kier alpha value is -2.57. The third kappa shape index (κ3) is 2.35. The summed E-state index contributed by atoms with van der Waals surface area (Å²) in [5, 5.41) is 20.0. The molecule has 1 heterocycles. The lowest BCUT2D eigenvalue weighted by atomic mass is 10.1. The molecule has 0 amide bonds. The van der Waals surface area contributed by atoms with Gasteiger partial charge in [0.05, 0.1) is 19.3 Å². The number of hydrogen-bond acceptors (Lipinski definition) is 6. The summed E-state index contributed by atoms with van der Waals surface area (Å²) in [4.78, 5) is 11.7. The number of aromatic nitrogens is 3. The maximum absolute atomic E-state index is 11.7. The van der Waals surface area contributed by atoms with Crippen LogP contribution in [-0.2, 0) is 4.74 Å². The zero-order chi connectivity index (χ0) is 13.8. The molecule has 7 nitrogen and oxygen atoms in total. The van der Waals surface area contributed by atoms with Crippen LogP contribution in [0.25, 0.3) is 11.3 Å². The van der Waals surface area contributed by atoms with Gasteiger partial charge in [-0.25, -0.2) is 4.79 Å². The number of rotatable bonds is 4. The molecule has 0 fully saturated rings. The average molecular weight is 263 g/mol. The fraction of sp³-hybridized carbons (Fsp3) is 0.250. The van der Waals surface area contributed by atoms with Gasteiger partial charge >= 0.3 is 5.97 Å². The molecule has 1 aromatic carbocycles. The SMILES string of the molecule is CCOC(=O)c1n[nH]nc1-c1cccc(OC)c1O. The molecule has 0 radical (unpaired) electrons. The summed E-state index contributed by atoms with van der Waals surface area (Å²) in [5.41, 5.74) is 0.580. The molecule has 0 spiro atoms. The molecule has 0 atom stereocenters. The molecular weight excluding hydrogens is 250 g/mol. The fourth-order valence-corrected chi connectivity index (χ4v) is 1.64. The van der Waals surface area contributed by atoms with Crippen molar-refractivity contribution in [3.8, 4) is 22.8 Å². The molecule has 100 valence electrons. The Morgan fingerprint density at radius 3 is 2.89 bits per heavy atom. The predicted octanol–water partition coefficient (Wildman–Crippen LogP) is 1.36. The summed E-state index contributed by atoms with van der Waals surface area (Å²) in [6.07, 6.45) is 0. The van der Waals surface area contributed by atoms with E-state index in [1.165, 1.54) is 7.11 Å². The second kappa shape index (κ2) is 5.38. The van der Waals surface area contributed by atoms with Gasteiger partial charge in [-0.1, -0.05) is 6.07 Å². The number of phenols is 1. The summed E-state index contributed by atoms with van der Waals surface area (Å²) in [6, 6.07) is 4.89. The summed E-state index contributed by atoms with van der Waals surface area (Å²) in [6.45, 7) is 1.93. The average Bonchev–Trinajstić information content (AvgIpc) is 2.88. The number of phenolic OH excluding ortho intramolecular Hbond substituents is 1. The van der Waals surface area contributed by atoms with Crippen molar-refractivity contribution >= 4 is 5.97 Å². The number of methoxy groups -OCH3 is 1. The number of nitrogens with zero attached hydrogens (tertiary/aromatic N) is 2. The molecule has 2 aromatic rings. The van der Waals surface area contributed by atoms with Crippen molar-refractivity contribution in [3.63, 3.8) is 0 Å². The minimum absolute atomic E-state index is 0.0189. The predicted molar refractivity (Wildman–Crippen MR) is 66.0 cm³/mol. The van der Waals surface area contributed by atoms with Crippen LogP contribution in [-0.4, -0.2) is 40.2 Å². The maximum Gasteiger partial charge on any atom is 0.361 e. The number of aromatic amines is 1. The third-order valence-corrected chi connectivity index (χ3v) is 2.49. The van der Waals surface area contributed by atoms with Crippen LogP contribution in [0.15, 0.2) is 18.2 Å². The molecule has 0 bridgehead atoms. The van der Waals surface area contributed by atoms with Gasteiger partial charge in [-0.3, -0.25) is 0 Å². The molecule has 0 aliphatic heterocycles. The van der Waals surface area contributed by atoms with Gasteiger partial charge in [-0.05, 0) is 19.1 Å². The van der Waals surface area contributed by atoms with E-state index in [2.05, 4.69) is 15.4 Å².